The maximum atomic E-state index is 4.51. The Morgan fingerprint density at radius 1 is 1.08 bits per heavy atom. The van der Waals surface area contributed by atoms with Crippen LogP contribution < -0.4 is 5.32 Å². The molecule has 4 rings (SSSR count). The van der Waals surface area contributed by atoms with Gasteiger partial charge in [-0.25, -0.2) is 4.52 Å². The average molecular weight is 399 g/mol. The molecule has 0 amide bonds. The molecule has 1 aliphatic carbocycles. The highest BCUT2D eigenvalue weighted by molar-refractivity contribution is 9.10. The second-order valence-electron chi connectivity index (χ2n) is 6.96. The first-order valence-electron chi connectivity index (χ1n) is 9.08. The molecule has 1 N–H and O–H groups in total. The smallest absolute Gasteiger partial charge is 0.128 e. The number of hydrogen-bond acceptors (Lipinski definition) is 3. The summed E-state index contributed by atoms with van der Waals surface area (Å²) in [4.78, 5) is 4.08. The van der Waals surface area contributed by atoms with E-state index in [1.807, 2.05) is 35.2 Å². The summed E-state index contributed by atoms with van der Waals surface area (Å²) in [5, 5.41) is 8.06. The number of pyridine rings is 2. The Hall–Kier alpha value is -1.88. The van der Waals surface area contributed by atoms with Crippen molar-refractivity contribution in [1.82, 2.24) is 14.6 Å². The van der Waals surface area contributed by atoms with Crippen LogP contribution in [0.3, 0.4) is 0 Å². The van der Waals surface area contributed by atoms with Crippen molar-refractivity contribution in [3.63, 3.8) is 0 Å². The van der Waals surface area contributed by atoms with E-state index in [0.717, 1.165) is 34.7 Å². The standard InChI is InChI=1S/C20H23BrN4/c21-18-14-24-25-19(18)11-17(10-15-4-2-1-3-5-15)12-20(25)23-13-16-6-8-22-9-7-16/h6-9,11-12,14-15,23H,1-5,10,13H2. The molecule has 1 saturated carbocycles. The highest BCUT2D eigenvalue weighted by Crippen LogP contribution is 2.30. The molecule has 0 aromatic carbocycles. The van der Waals surface area contributed by atoms with Gasteiger partial charge in [0.25, 0.3) is 0 Å². The molecular weight excluding hydrogens is 376 g/mol. The Bertz CT molecular complexity index is 838. The number of aromatic nitrogens is 3. The Morgan fingerprint density at radius 2 is 1.88 bits per heavy atom. The summed E-state index contributed by atoms with van der Waals surface area (Å²) in [6, 6.07) is 8.62. The normalized spacial score (nSPS) is 15.6. The van der Waals surface area contributed by atoms with E-state index in [2.05, 4.69) is 43.5 Å². The number of halogens is 1. The minimum absolute atomic E-state index is 0.766. The van der Waals surface area contributed by atoms with Crippen molar-refractivity contribution >= 4 is 27.3 Å². The molecule has 5 heteroatoms. The second-order valence-corrected chi connectivity index (χ2v) is 7.81. The van der Waals surface area contributed by atoms with Gasteiger partial charge in [-0.3, -0.25) is 4.98 Å². The van der Waals surface area contributed by atoms with Gasteiger partial charge in [0.2, 0.25) is 0 Å². The van der Waals surface area contributed by atoms with Crippen LogP contribution in [0.1, 0.15) is 43.2 Å². The molecule has 3 aromatic heterocycles. The maximum Gasteiger partial charge on any atom is 0.128 e. The quantitative estimate of drug-likeness (QED) is 0.639. The van der Waals surface area contributed by atoms with E-state index in [1.54, 1.807) is 0 Å². The van der Waals surface area contributed by atoms with Gasteiger partial charge in [-0.1, -0.05) is 32.1 Å². The molecule has 25 heavy (non-hydrogen) atoms. The zero-order valence-electron chi connectivity index (χ0n) is 14.3. The van der Waals surface area contributed by atoms with E-state index in [0.29, 0.717) is 0 Å². The monoisotopic (exact) mass is 398 g/mol. The van der Waals surface area contributed by atoms with Crippen LogP contribution in [-0.2, 0) is 13.0 Å². The van der Waals surface area contributed by atoms with E-state index in [-0.39, 0.29) is 0 Å². The SMILES string of the molecule is Brc1cnn2c(NCc3ccncc3)cc(CC3CCCCC3)cc12. The van der Waals surface area contributed by atoms with Gasteiger partial charge in [-0.05, 0) is 63.7 Å². The molecule has 130 valence electrons. The first-order valence-corrected chi connectivity index (χ1v) is 9.88. The Kier molecular flexibility index (Phi) is 5.02. The average Bonchev–Trinajstić information content (AvgIpc) is 3.03. The summed E-state index contributed by atoms with van der Waals surface area (Å²) in [6.07, 6.45) is 13.6. The number of anilines is 1. The summed E-state index contributed by atoms with van der Waals surface area (Å²) in [5.74, 6) is 1.87. The summed E-state index contributed by atoms with van der Waals surface area (Å²) in [5.41, 5.74) is 3.75. The van der Waals surface area contributed by atoms with Gasteiger partial charge in [0.05, 0.1) is 16.2 Å². The fraction of sp³-hybridized carbons (Fsp3) is 0.400. The van der Waals surface area contributed by atoms with E-state index in [4.69, 9.17) is 0 Å². The number of hydrogen-bond donors (Lipinski definition) is 1. The molecule has 1 fully saturated rings. The van der Waals surface area contributed by atoms with Gasteiger partial charge in [-0.2, -0.15) is 5.10 Å². The third kappa shape index (κ3) is 3.87. The fourth-order valence-electron chi connectivity index (χ4n) is 3.78. The van der Waals surface area contributed by atoms with Crippen LogP contribution in [0.25, 0.3) is 5.52 Å². The van der Waals surface area contributed by atoms with Crippen LogP contribution in [-0.4, -0.2) is 14.6 Å². The predicted octanol–water partition coefficient (Wildman–Crippen LogP) is 5.23. The van der Waals surface area contributed by atoms with Crippen molar-refractivity contribution in [2.45, 2.75) is 45.1 Å². The van der Waals surface area contributed by atoms with E-state index in [9.17, 15) is 0 Å². The first-order chi connectivity index (χ1) is 12.3. The molecule has 0 aliphatic heterocycles. The Labute approximate surface area is 156 Å². The van der Waals surface area contributed by atoms with Crippen LogP contribution in [0.5, 0.6) is 0 Å². The molecule has 0 saturated heterocycles. The molecule has 1 aliphatic rings. The fourth-order valence-corrected chi connectivity index (χ4v) is 4.15. The number of nitrogens with one attached hydrogen (secondary N) is 1. The Balaban J connectivity index is 1.59. The highest BCUT2D eigenvalue weighted by atomic mass is 79.9. The summed E-state index contributed by atoms with van der Waals surface area (Å²) >= 11 is 3.64. The maximum absolute atomic E-state index is 4.51. The molecule has 0 unspecified atom stereocenters. The lowest BCUT2D eigenvalue weighted by Crippen LogP contribution is -2.11. The molecule has 3 heterocycles. The van der Waals surface area contributed by atoms with Crippen molar-refractivity contribution in [2.24, 2.45) is 5.92 Å². The van der Waals surface area contributed by atoms with Crippen molar-refractivity contribution in [3.8, 4) is 0 Å². The molecule has 0 radical (unpaired) electrons. The second kappa shape index (κ2) is 7.56. The van der Waals surface area contributed by atoms with Crippen molar-refractivity contribution in [2.75, 3.05) is 5.32 Å². The molecule has 0 atom stereocenters. The molecule has 0 spiro atoms. The van der Waals surface area contributed by atoms with E-state index < -0.39 is 0 Å². The number of rotatable bonds is 5. The first kappa shape index (κ1) is 16.6. The lowest BCUT2D eigenvalue weighted by molar-refractivity contribution is 0.356. The van der Waals surface area contributed by atoms with Gasteiger partial charge in [0.15, 0.2) is 0 Å². The molecule has 4 nitrogen and oxygen atoms in total. The van der Waals surface area contributed by atoms with Crippen molar-refractivity contribution in [3.05, 3.63) is 58.5 Å². The zero-order valence-corrected chi connectivity index (χ0v) is 15.9. The molecular formula is C20H23BrN4. The van der Waals surface area contributed by atoms with Crippen LogP contribution in [0.15, 0.2) is 47.3 Å². The number of fused-ring (bicyclic) bond motifs is 1. The predicted molar refractivity (Wildman–Crippen MR) is 105 cm³/mol. The van der Waals surface area contributed by atoms with E-state index >= 15 is 0 Å². The molecule has 0 bridgehead atoms. The van der Waals surface area contributed by atoms with Gasteiger partial charge in [0, 0.05) is 18.9 Å². The Morgan fingerprint density at radius 3 is 2.68 bits per heavy atom. The van der Waals surface area contributed by atoms with Gasteiger partial charge < -0.3 is 5.32 Å². The summed E-state index contributed by atoms with van der Waals surface area (Å²) in [7, 11) is 0. The summed E-state index contributed by atoms with van der Waals surface area (Å²) in [6.45, 7) is 0.766. The van der Waals surface area contributed by atoms with Crippen molar-refractivity contribution < 1.29 is 0 Å². The topological polar surface area (TPSA) is 42.2 Å². The van der Waals surface area contributed by atoms with E-state index in [1.165, 1.54) is 43.2 Å². The third-order valence-electron chi connectivity index (χ3n) is 5.10. The van der Waals surface area contributed by atoms with Crippen LogP contribution in [0.2, 0.25) is 0 Å². The summed E-state index contributed by atoms with van der Waals surface area (Å²) < 4.78 is 3.03. The van der Waals surface area contributed by atoms with Gasteiger partial charge >= 0.3 is 0 Å². The lowest BCUT2D eigenvalue weighted by Gasteiger charge is -2.22. The largest absolute Gasteiger partial charge is 0.366 e. The van der Waals surface area contributed by atoms with Gasteiger partial charge in [0.1, 0.15) is 5.82 Å². The molecule has 3 aromatic rings. The zero-order chi connectivity index (χ0) is 17.1. The minimum Gasteiger partial charge on any atom is -0.366 e. The van der Waals surface area contributed by atoms with Gasteiger partial charge in [-0.15, -0.1) is 0 Å². The lowest BCUT2D eigenvalue weighted by atomic mass is 9.85. The van der Waals surface area contributed by atoms with Crippen LogP contribution in [0.4, 0.5) is 5.82 Å². The van der Waals surface area contributed by atoms with Crippen LogP contribution in [0, 0.1) is 5.92 Å². The minimum atomic E-state index is 0.766. The third-order valence-corrected chi connectivity index (χ3v) is 5.71. The number of nitrogens with zero attached hydrogens (tertiary/aromatic N) is 3. The van der Waals surface area contributed by atoms with Crippen LogP contribution >= 0.6 is 15.9 Å². The van der Waals surface area contributed by atoms with Crippen molar-refractivity contribution in [1.29, 1.82) is 0 Å². The highest BCUT2D eigenvalue weighted by Gasteiger charge is 2.16.